The molecule has 0 amide bonds. The SMILES string of the molecule is CCN(CC)CCCCCn1c2nc(=O)[nH]c(=O)c-2nc2cc(Cl)c(Cl)cc21. The second-order valence-corrected chi connectivity index (χ2v) is 7.46. The van der Waals surface area contributed by atoms with Gasteiger partial charge >= 0.3 is 5.69 Å². The van der Waals surface area contributed by atoms with E-state index in [0.29, 0.717) is 27.6 Å². The van der Waals surface area contributed by atoms with Gasteiger partial charge in [-0.25, -0.2) is 9.78 Å². The number of rotatable bonds is 8. The summed E-state index contributed by atoms with van der Waals surface area (Å²) in [6, 6.07) is 3.33. The fraction of sp³-hybridized carbons (Fsp3) is 0.474. The van der Waals surface area contributed by atoms with Crippen molar-refractivity contribution in [2.45, 2.75) is 39.7 Å². The Hall–Kier alpha value is -1.96. The molecule has 28 heavy (non-hydrogen) atoms. The molecule has 0 fully saturated rings. The topological polar surface area (TPSA) is 83.9 Å². The number of aryl methyl sites for hydroxylation is 1. The van der Waals surface area contributed by atoms with E-state index in [9.17, 15) is 9.59 Å². The van der Waals surface area contributed by atoms with Gasteiger partial charge < -0.3 is 9.47 Å². The monoisotopic (exact) mass is 423 g/mol. The molecule has 0 aromatic heterocycles. The normalized spacial score (nSPS) is 11.8. The summed E-state index contributed by atoms with van der Waals surface area (Å²) in [4.78, 5) is 36.9. The average molecular weight is 424 g/mol. The van der Waals surface area contributed by atoms with Crippen molar-refractivity contribution in [3.05, 3.63) is 43.0 Å². The van der Waals surface area contributed by atoms with Crippen LogP contribution in [0.1, 0.15) is 33.1 Å². The molecule has 2 aliphatic heterocycles. The molecule has 1 aromatic carbocycles. The van der Waals surface area contributed by atoms with Crippen LogP contribution in [0.3, 0.4) is 0 Å². The van der Waals surface area contributed by atoms with Gasteiger partial charge in [0, 0.05) is 6.54 Å². The molecule has 2 aliphatic rings. The molecule has 7 nitrogen and oxygen atoms in total. The Balaban J connectivity index is 1.95. The standard InChI is InChI=1S/C19H23Cl2N5O2/c1-3-25(4-2)8-6-5-7-9-26-15-11-13(21)12(20)10-14(15)22-16-17(26)23-19(28)24-18(16)27/h10-11H,3-9H2,1-2H3,(H,24,27,28). The van der Waals surface area contributed by atoms with Gasteiger partial charge in [-0.15, -0.1) is 0 Å². The van der Waals surface area contributed by atoms with Crippen LogP contribution in [0.15, 0.2) is 21.7 Å². The Morgan fingerprint density at radius 2 is 1.75 bits per heavy atom. The summed E-state index contributed by atoms with van der Waals surface area (Å²) < 4.78 is 1.84. The van der Waals surface area contributed by atoms with Crippen molar-refractivity contribution in [3.8, 4) is 11.5 Å². The molecule has 9 heteroatoms. The van der Waals surface area contributed by atoms with Crippen molar-refractivity contribution in [1.29, 1.82) is 0 Å². The summed E-state index contributed by atoms with van der Waals surface area (Å²) in [5, 5.41) is 0.745. The lowest BCUT2D eigenvalue weighted by Gasteiger charge is -2.19. The zero-order chi connectivity index (χ0) is 20.3. The maximum Gasteiger partial charge on any atom is 0.349 e. The van der Waals surface area contributed by atoms with E-state index >= 15 is 0 Å². The summed E-state index contributed by atoms with van der Waals surface area (Å²) in [5.74, 6) is 0.267. The molecule has 1 aromatic rings. The Labute approximate surface area is 172 Å². The maximum absolute atomic E-state index is 12.2. The summed E-state index contributed by atoms with van der Waals surface area (Å²) in [5.41, 5.74) is 0.111. The van der Waals surface area contributed by atoms with Crippen LogP contribution in [0.2, 0.25) is 10.0 Å². The molecule has 0 saturated carbocycles. The molecular weight excluding hydrogens is 401 g/mol. The first-order valence-corrected chi connectivity index (χ1v) is 10.2. The van der Waals surface area contributed by atoms with Crippen molar-refractivity contribution in [2.24, 2.45) is 0 Å². The lowest BCUT2D eigenvalue weighted by atomic mass is 10.2. The van der Waals surface area contributed by atoms with Gasteiger partial charge in [0.15, 0.2) is 11.5 Å². The molecular formula is C19H23Cl2N5O2. The Morgan fingerprint density at radius 3 is 2.46 bits per heavy atom. The van der Waals surface area contributed by atoms with Crippen LogP contribution in [-0.2, 0) is 6.54 Å². The Morgan fingerprint density at radius 1 is 1.04 bits per heavy atom. The fourth-order valence-corrected chi connectivity index (χ4v) is 3.65. The van der Waals surface area contributed by atoms with Gasteiger partial charge in [-0.05, 0) is 44.6 Å². The number of unbranched alkanes of at least 4 members (excludes halogenated alkanes) is 2. The first kappa shape index (κ1) is 20.8. The zero-order valence-corrected chi connectivity index (χ0v) is 17.5. The minimum atomic E-state index is -0.686. The van der Waals surface area contributed by atoms with Crippen molar-refractivity contribution >= 4 is 34.2 Å². The molecule has 0 aliphatic carbocycles. The number of H-pyrrole nitrogens is 1. The molecule has 1 N–H and O–H groups in total. The third-order valence-corrected chi connectivity index (χ3v) is 5.62. The van der Waals surface area contributed by atoms with E-state index in [4.69, 9.17) is 23.2 Å². The molecule has 3 rings (SSSR count). The van der Waals surface area contributed by atoms with Gasteiger partial charge in [0.1, 0.15) is 0 Å². The van der Waals surface area contributed by atoms with Gasteiger partial charge in [-0.1, -0.05) is 43.5 Å². The number of benzene rings is 1. The average Bonchev–Trinajstić information content (AvgIpc) is 2.66. The van der Waals surface area contributed by atoms with Gasteiger partial charge in [-0.2, -0.15) is 4.98 Å². The predicted molar refractivity (Wildman–Crippen MR) is 113 cm³/mol. The molecule has 0 radical (unpaired) electrons. The fourth-order valence-electron chi connectivity index (χ4n) is 3.34. The molecule has 0 spiro atoms. The second-order valence-electron chi connectivity index (χ2n) is 6.65. The summed E-state index contributed by atoms with van der Waals surface area (Å²) in [6.45, 7) is 8.06. The number of aromatic nitrogens is 4. The first-order valence-electron chi connectivity index (χ1n) is 9.46. The Kier molecular flexibility index (Phi) is 6.69. The van der Waals surface area contributed by atoms with Gasteiger partial charge in [0.2, 0.25) is 0 Å². The molecule has 0 bridgehead atoms. The van der Waals surface area contributed by atoms with E-state index in [2.05, 4.69) is 33.7 Å². The number of hydrogen-bond acceptors (Lipinski definition) is 5. The lowest BCUT2D eigenvalue weighted by Crippen LogP contribution is -2.29. The summed E-state index contributed by atoms with van der Waals surface area (Å²) in [7, 11) is 0. The third kappa shape index (κ3) is 4.37. The van der Waals surface area contributed by atoms with Crippen LogP contribution in [0.4, 0.5) is 0 Å². The quantitative estimate of drug-likeness (QED) is 0.443. The number of hydrogen-bond donors (Lipinski definition) is 1. The minimum Gasteiger partial charge on any atom is -0.322 e. The van der Waals surface area contributed by atoms with Crippen LogP contribution in [0.25, 0.3) is 22.6 Å². The van der Waals surface area contributed by atoms with Crippen molar-refractivity contribution in [1.82, 2.24) is 24.4 Å². The number of halogens is 2. The van der Waals surface area contributed by atoms with Crippen LogP contribution >= 0.6 is 23.2 Å². The van der Waals surface area contributed by atoms with Gasteiger partial charge in [0.25, 0.3) is 5.56 Å². The summed E-state index contributed by atoms with van der Waals surface area (Å²) in [6.07, 6.45) is 2.98. The van der Waals surface area contributed by atoms with Crippen LogP contribution < -0.4 is 11.2 Å². The molecule has 0 atom stereocenters. The summed E-state index contributed by atoms with van der Waals surface area (Å²) >= 11 is 12.3. The van der Waals surface area contributed by atoms with E-state index in [0.717, 1.165) is 38.9 Å². The largest absolute Gasteiger partial charge is 0.349 e. The van der Waals surface area contributed by atoms with Crippen LogP contribution in [0.5, 0.6) is 0 Å². The van der Waals surface area contributed by atoms with Gasteiger partial charge in [-0.3, -0.25) is 9.78 Å². The Bertz CT molecular complexity index is 1060. The highest BCUT2D eigenvalue weighted by Crippen LogP contribution is 2.29. The number of fused-ring (bicyclic) bond motifs is 2. The number of nitrogens with zero attached hydrogens (tertiary/aromatic N) is 4. The van der Waals surface area contributed by atoms with Crippen LogP contribution in [-0.4, -0.2) is 44.1 Å². The minimum absolute atomic E-state index is 0.119. The van der Waals surface area contributed by atoms with E-state index in [-0.39, 0.29) is 11.5 Å². The maximum atomic E-state index is 12.2. The van der Waals surface area contributed by atoms with Gasteiger partial charge in [0.05, 0.1) is 21.1 Å². The molecule has 150 valence electrons. The van der Waals surface area contributed by atoms with Crippen molar-refractivity contribution < 1.29 is 0 Å². The molecule has 2 heterocycles. The highest BCUT2D eigenvalue weighted by atomic mass is 35.5. The smallest absolute Gasteiger partial charge is 0.322 e. The van der Waals surface area contributed by atoms with E-state index in [1.807, 2.05) is 4.57 Å². The first-order chi connectivity index (χ1) is 13.4. The number of aromatic amines is 1. The zero-order valence-electron chi connectivity index (χ0n) is 16.0. The van der Waals surface area contributed by atoms with Crippen molar-refractivity contribution in [3.63, 3.8) is 0 Å². The predicted octanol–water partition coefficient (Wildman–Crippen LogP) is 3.40. The van der Waals surface area contributed by atoms with E-state index in [1.54, 1.807) is 12.1 Å². The lowest BCUT2D eigenvalue weighted by molar-refractivity contribution is 0.295. The highest BCUT2D eigenvalue weighted by molar-refractivity contribution is 6.42. The molecule has 0 unspecified atom stereocenters. The number of nitrogens with one attached hydrogen (secondary N) is 1. The third-order valence-electron chi connectivity index (χ3n) is 4.90. The van der Waals surface area contributed by atoms with Crippen molar-refractivity contribution in [2.75, 3.05) is 19.6 Å². The van der Waals surface area contributed by atoms with Crippen LogP contribution in [0, 0.1) is 0 Å². The second kappa shape index (κ2) is 9.03. The molecule has 0 saturated heterocycles. The highest BCUT2D eigenvalue weighted by Gasteiger charge is 2.19. The van der Waals surface area contributed by atoms with E-state index in [1.165, 1.54) is 0 Å². The van der Waals surface area contributed by atoms with E-state index < -0.39 is 11.2 Å².